The summed E-state index contributed by atoms with van der Waals surface area (Å²) in [5, 5.41) is 0. The van der Waals surface area contributed by atoms with E-state index in [0.717, 1.165) is 25.0 Å². The van der Waals surface area contributed by atoms with Crippen molar-refractivity contribution in [2.24, 2.45) is 5.73 Å². The summed E-state index contributed by atoms with van der Waals surface area (Å²) in [5.41, 5.74) is 4.58. The van der Waals surface area contributed by atoms with Gasteiger partial charge in [0.05, 0.1) is 23.5 Å². The first-order valence-corrected chi connectivity index (χ1v) is 8.81. The van der Waals surface area contributed by atoms with Gasteiger partial charge in [0.2, 0.25) is 10.0 Å². The Hall–Kier alpha value is -1.36. The molecule has 0 radical (unpaired) electrons. The number of nitrogens with zero attached hydrogens (tertiary/aromatic N) is 1. The minimum Gasteiger partial charge on any atom is -0.339 e. The zero-order chi connectivity index (χ0) is 18.0. The second-order valence-corrected chi connectivity index (χ2v) is 7.29. The summed E-state index contributed by atoms with van der Waals surface area (Å²) < 4.78 is 65.8. The molecule has 3 N–H and O–H groups in total. The maximum atomic E-state index is 14.1. The van der Waals surface area contributed by atoms with E-state index in [2.05, 4.69) is 0 Å². The first-order chi connectivity index (χ1) is 11.2. The smallest absolute Gasteiger partial charge is 0.273 e. The number of sulfonamides is 1. The average molecular weight is 402 g/mol. The lowest BCUT2D eigenvalue weighted by atomic mass is 10.2. The highest BCUT2D eigenvalue weighted by Gasteiger charge is 2.30. The number of rotatable bonds is 6. The standard InChI is InChI=1S/C14H18F3N3O3S.ClH/c15-12-7-10(24(22,23)19-9-14(16,17)8-18)3-4-11(12)13(21)20-5-1-2-6-20;/h3-4,7,19H,1-2,5-6,8-9,18H2;1H. The predicted molar refractivity (Wildman–Crippen MR) is 88.0 cm³/mol. The van der Waals surface area contributed by atoms with Crippen LogP contribution in [0.5, 0.6) is 0 Å². The van der Waals surface area contributed by atoms with Gasteiger partial charge in [0, 0.05) is 13.1 Å². The molecule has 1 amide bonds. The molecule has 1 aromatic rings. The summed E-state index contributed by atoms with van der Waals surface area (Å²) in [6, 6.07) is 2.70. The topological polar surface area (TPSA) is 92.5 Å². The molecule has 25 heavy (non-hydrogen) atoms. The van der Waals surface area contributed by atoms with Crippen LogP contribution in [0.15, 0.2) is 23.1 Å². The first kappa shape index (κ1) is 21.7. The molecule has 142 valence electrons. The third-order valence-electron chi connectivity index (χ3n) is 3.69. The molecule has 1 aliphatic rings. The molecule has 1 fully saturated rings. The Balaban J connectivity index is 0.00000312. The Labute approximate surface area is 150 Å². The van der Waals surface area contributed by atoms with Gasteiger partial charge in [0.25, 0.3) is 11.8 Å². The lowest BCUT2D eigenvalue weighted by Crippen LogP contribution is -2.41. The van der Waals surface area contributed by atoms with Gasteiger partial charge in [-0.3, -0.25) is 4.79 Å². The van der Waals surface area contributed by atoms with Crippen LogP contribution in [0.3, 0.4) is 0 Å². The van der Waals surface area contributed by atoms with Gasteiger partial charge < -0.3 is 10.6 Å². The van der Waals surface area contributed by atoms with Gasteiger partial charge in [-0.05, 0) is 31.0 Å². The minimum atomic E-state index is -4.34. The Morgan fingerprint density at radius 1 is 1.28 bits per heavy atom. The van der Waals surface area contributed by atoms with Gasteiger partial charge in [-0.15, -0.1) is 12.4 Å². The molecule has 0 aliphatic carbocycles. The molecule has 2 rings (SSSR count). The molecule has 0 spiro atoms. The average Bonchev–Trinajstić information content (AvgIpc) is 3.07. The Kier molecular flexibility index (Phi) is 7.24. The van der Waals surface area contributed by atoms with Crippen molar-refractivity contribution in [3.63, 3.8) is 0 Å². The fourth-order valence-electron chi connectivity index (χ4n) is 2.28. The Bertz CT molecular complexity index is 725. The third kappa shape index (κ3) is 5.30. The summed E-state index contributed by atoms with van der Waals surface area (Å²) in [6.45, 7) is -1.17. The number of amides is 1. The van der Waals surface area contributed by atoms with E-state index in [4.69, 9.17) is 5.73 Å². The summed E-state index contributed by atoms with van der Waals surface area (Å²) in [4.78, 5) is 13.1. The first-order valence-electron chi connectivity index (χ1n) is 7.33. The molecule has 1 aliphatic heterocycles. The van der Waals surface area contributed by atoms with Gasteiger partial charge >= 0.3 is 0 Å². The van der Waals surface area contributed by atoms with Crippen LogP contribution in [0.2, 0.25) is 0 Å². The predicted octanol–water partition coefficient (Wildman–Crippen LogP) is 1.36. The van der Waals surface area contributed by atoms with E-state index in [0.29, 0.717) is 19.2 Å². The molecular formula is C14H19ClF3N3O3S. The number of likely N-dealkylation sites (tertiary alicyclic amines) is 1. The summed E-state index contributed by atoms with van der Waals surface area (Å²) in [5.74, 6) is -4.94. The highest BCUT2D eigenvalue weighted by Crippen LogP contribution is 2.19. The number of hydrogen-bond donors (Lipinski definition) is 2. The van der Waals surface area contributed by atoms with Crippen LogP contribution in [0.25, 0.3) is 0 Å². The third-order valence-corrected chi connectivity index (χ3v) is 5.09. The van der Waals surface area contributed by atoms with Crippen molar-refractivity contribution in [3.8, 4) is 0 Å². The molecule has 0 saturated carbocycles. The SMILES string of the molecule is Cl.NCC(F)(F)CNS(=O)(=O)c1ccc(C(=O)N2CCCC2)c(F)c1. The molecule has 1 saturated heterocycles. The fraction of sp³-hybridized carbons (Fsp3) is 0.500. The number of benzene rings is 1. The molecule has 0 bridgehead atoms. The summed E-state index contributed by atoms with van der Waals surface area (Å²) >= 11 is 0. The fourth-order valence-corrected chi connectivity index (χ4v) is 3.36. The Morgan fingerprint density at radius 3 is 2.40 bits per heavy atom. The molecule has 0 atom stereocenters. The van der Waals surface area contributed by atoms with Crippen LogP contribution in [-0.4, -0.2) is 51.3 Å². The number of nitrogens with one attached hydrogen (secondary N) is 1. The van der Waals surface area contributed by atoms with Crippen molar-refractivity contribution in [1.82, 2.24) is 9.62 Å². The van der Waals surface area contributed by atoms with Crippen molar-refractivity contribution in [2.45, 2.75) is 23.7 Å². The number of nitrogens with two attached hydrogens (primary N) is 1. The van der Waals surface area contributed by atoms with Crippen molar-refractivity contribution in [2.75, 3.05) is 26.2 Å². The van der Waals surface area contributed by atoms with Gasteiger partial charge in [0.15, 0.2) is 0 Å². The van der Waals surface area contributed by atoms with E-state index in [1.165, 1.54) is 4.90 Å². The summed E-state index contributed by atoms with van der Waals surface area (Å²) in [7, 11) is -4.34. The van der Waals surface area contributed by atoms with E-state index < -0.39 is 45.7 Å². The molecular weight excluding hydrogens is 383 g/mol. The monoisotopic (exact) mass is 401 g/mol. The van der Waals surface area contributed by atoms with Crippen molar-refractivity contribution in [1.29, 1.82) is 0 Å². The van der Waals surface area contributed by atoms with E-state index in [1.54, 1.807) is 4.72 Å². The second kappa shape index (κ2) is 8.35. The maximum Gasteiger partial charge on any atom is 0.273 e. The quantitative estimate of drug-likeness (QED) is 0.752. The van der Waals surface area contributed by atoms with Crippen molar-refractivity contribution in [3.05, 3.63) is 29.6 Å². The van der Waals surface area contributed by atoms with Crippen LogP contribution >= 0.6 is 12.4 Å². The Morgan fingerprint density at radius 2 is 1.88 bits per heavy atom. The molecule has 1 aromatic carbocycles. The van der Waals surface area contributed by atoms with Crippen molar-refractivity contribution < 1.29 is 26.4 Å². The molecule has 6 nitrogen and oxygen atoms in total. The van der Waals surface area contributed by atoms with Crippen LogP contribution < -0.4 is 10.5 Å². The number of carbonyl (C=O) groups is 1. The van der Waals surface area contributed by atoms with Crippen LogP contribution in [0, 0.1) is 5.82 Å². The molecule has 11 heteroatoms. The van der Waals surface area contributed by atoms with Gasteiger partial charge in [-0.1, -0.05) is 0 Å². The minimum absolute atomic E-state index is 0. The number of halogens is 4. The normalized spacial score (nSPS) is 15.1. The van der Waals surface area contributed by atoms with Gasteiger partial charge in [-0.2, -0.15) is 0 Å². The number of alkyl halides is 2. The number of carbonyl (C=O) groups excluding carboxylic acids is 1. The highest BCUT2D eigenvalue weighted by atomic mass is 35.5. The van der Waals surface area contributed by atoms with Crippen molar-refractivity contribution >= 4 is 28.3 Å². The zero-order valence-corrected chi connectivity index (χ0v) is 14.8. The van der Waals surface area contributed by atoms with Gasteiger partial charge in [-0.25, -0.2) is 26.3 Å². The second-order valence-electron chi connectivity index (χ2n) is 5.53. The largest absolute Gasteiger partial charge is 0.339 e. The van der Waals surface area contributed by atoms with E-state index in [1.807, 2.05) is 0 Å². The van der Waals surface area contributed by atoms with Crippen LogP contribution in [0.1, 0.15) is 23.2 Å². The van der Waals surface area contributed by atoms with Crippen LogP contribution in [-0.2, 0) is 10.0 Å². The highest BCUT2D eigenvalue weighted by molar-refractivity contribution is 7.89. The maximum absolute atomic E-state index is 14.1. The number of hydrogen-bond acceptors (Lipinski definition) is 4. The van der Waals surface area contributed by atoms with Gasteiger partial charge in [0.1, 0.15) is 5.82 Å². The molecule has 0 unspecified atom stereocenters. The van der Waals surface area contributed by atoms with E-state index in [9.17, 15) is 26.4 Å². The van der Waals surface area contributed by atoms with E-state index in [-0.39, 0.29) is 18.0 Å². The lowest BCUT2D eigenvalue weighted by Gasteiger charge is -2.17. The molecule has 1 heterocycles. The zero-order valence-electron chi connectivity index (χ0n) is 13.2. The lowest BCUT2D eigenvalue weighted by molar-refractivity contribution is 0.0170. The van der Waals surface area contributed by atoms with E-state index >= 15 is 0 Å². The van der Waals surface area contributed by atoms with Crippen LogP contribution in [0.4, 0.5) is 13.2 Å². The summed E-state index contributed by atoms with van der Waals surface area (Å²) in [6.07, 6.45) is 1.66. The molecule has 0 aromatic heterocycles.